The molecule has 2 aromatic carbocycles. The molecule has 0 bridgehead atoms. The third-order valence-electron chi connectivity index (χ3n) is 5.24. The van der Waals surface area contributed by atoms with Crippen LogP contribution in [0.25, 0.3) is 17.4 Å². The first kappa shape index (κ1) is 18.8. The third-order valence-corrected chi connectivity index (χ3v) is 6.28. The number of carbonyl (C=O) groups excluding carboxylic acids is 1. The Morgan fingerprint density at radius 3 is 2.23 bits per heavy atom. The zero-order chi connectivity index (χ0) is 20.3. The van der Waals surface area contributed by atoms with Crippen molar-refractivity contribution in [2.75, 3.05) is 31.1 Å². The maximum absolute atomic E-state index is 12.4. The van der Waals surface area contributed by atoms with Gasteiger partial charge in [-0.15, -0.1) is 0 Å². The van der Waals surface area contributed by atoms with Gasteiger partial charge in [-0.05, 0) is 36.0 Å². The van der Waals surface area contributed by atoms with Crippen molar-refractivity contribution in [1.82, 2.24) is 4.90 Å². The molecule has 1 amide bonds. The first-order valence-corrected chi connectivity index (χ1v) is 10.8. The smallest absolute Gasteiger partial charge is 0.286 e. The minimum atomic E-state index is -0.196. The predicted molar refractivity (Wildman–Crippen MR) is 122 cm³/mol. The lowest BCUT2D eigenvalue weighted by molar-refractivity contribution is -0.113. The standard InChI is InChI=1S/C24H21N3O2S/c28-23-22(17-20-11-12-21(29-20)18-7-3-1-4-8-18)30-24(25-23)27-15-13-26(14-16-27)19-9-5-2-6-10-19/h1-12,17H,13-16H2. The van der Waals surface area contributed by atoms with Crippen LogP contribution in [0, 0.1) is 0 Å². The molecule has 0 saturated carbocycles. The number of amidine groups is 1. The molecule has 2 aliphatic heterocycles. The predicted octanol–water partition coefficient (Wildman–Crippen LogP) is 4.74. The van der Waals surface area contributed by atoms with Gasteiger partial charge in [0, 0.05) is 43.5 Å². The number of benzene rings is 2. The van der Waals surface area contributed by atoms with Crippen LogP contribution in [0.2, 0.25) is 0 Å². The number of para-hydroxylation sites is 1. The monoisotopic (exact) mass is 415 g/mol. The Labute approximate surface area is 179 Å². The van der Waals surface area contributed by atoms with E-state index in [4.69, 9.17) is 4.42 Å². The molecule has 1 fully saturated rings. The van der Waals surface area contributed by atoms with Gasteiger partial charge in [0.25, 0.3) is 5.91 Å². The number of thioether (sulfide) groups is 1. The number of furan rings is 1. The molecule has 0 spiro atoms. The highest BCUT2D eigenvalue weighted by Crippen LogP contribution is 2.32. The fourth-order valence-corrected chi connectivity index (χ4v) is 4.59. The highest BCUT2D eigenvalue weighted by Gasteiger charge is 2.28. The van der Waals surface area contributed by atoms with Crippen molar-refractivity contribution < 1.29 is 9.21 Å². The average molecular weight is 416 g/mol. The van der Waals surface area contributed by atoms with Crippen molar-refractivity contribution >= 4 is 34.6 Å². The molecule has 150 valence electrons. The molecule has 6 heteroatoms. The van der Waals surface area contributed by atoms with Crippen molar-refractivity contribution in [1.29, 1.82) is 0 Å². The van der Waals surface area contributed by atoms with Crippen molar-refractivity contribution in [3.05, 3.63) is 83.5 Å². The van der Waals surface area contributed by atoms with Gasteiger partial charge in [-0.1, -0.05) is 48.5 Å². The molecular weight excluding hydrogens is 394 g/mol. The Hall–Kier alpha value is -3.25. The van der Waals surface area contributed by atoms with Gasteiger partial charge in [0.2, 0.25) is 0 Å². The molecule has 30 heavy (non-hydrogen) atoms. The number of nitrogens with zero attached hydrogens (tertiary/aromatic N) is 3. The molecule has 1 aromatic heterocycles. The summed E-state index contributed by atoms with van der Waals surface area (Å²) in [5, 5.41) is 0.786. The highest BCUT2D eigenvalue weighted by molar-refractivity contribution is 8.18. The second-order valence-corrected chi connectivity index (χ2v) is 8.20. The van der Waals surface area contributed by atoms with Gasteiger partial charge < -0.3 is 14.2 Å². The van der Waals surface area contributed by atoms with Gasteiger partial charge in [0.15, 0.2) is 5.17 Å². The molecule has 3 aromatic rings. The molecular formula is C24H21N3O2S. The minimum Gasteiger partial charge on any atom is -0.457 e. The number of anilines is 1. The largest absolute Gasteiger partial charge is 0.457 e. The summed E-state index contributed by atoms with van der Waals surface area (Å²) < 4.78 is 5.91. The van der Waals surface area contributed by atoms with Gasteiger partial charge in [-0.3, -0.25) is 4.79 Å². The number of amides is 1. The normalized spacial score (nSPS) is 18.2. The molecule has 1 saturated heterocycles. The molecule has 2 aliphatic rings. The summed E-state index contributed by atoms with van der Waals surface area (Å²) in [6.45, 7) is 3.52. The molecule has 5 nitrogen and oxygen atoms in total. The highest BCUT2D eigenvalue weighted by atomic mass is 32.2. The van der Waals surface area contributed by atoms with Crippen LogP contribution in [0.1, 0.15) is 5.76 Å². The Balaban J connectivity index is 1.24. The van der Waals surface area contributed by atoms with Crippen LogP contribution in [0.5, 0.6) is 0 Å². The molecule has 0 aliphatic carbocycles. The summed E-state index contributed by atoms with van der Waals surface area (Å²) in [7, 11) is 0. The summed E-state index contributed by atoms with van der Waals surface area (Å²) in [6.07, 6.45) is 1.79. The van der Waals surface area contributed by atoms with E-state index in [9.17, 15) is 4.79 Å². The quantitative estimate of drug-likeness (QED) is 0.579. The van der Waals surface area contributed by atoms with Crippen LogP contribution in [0.4, 0.5) is 5.69 Å². The van der Waals surface area contributed by atoms with E-state index in [-0.39, 0.29) is 5.91 Å². The van der Waals surface area contributed by atoms with Gasteiger partial charge in [-0.2, -0.15) is 4.99 Å². The van der Waals surface area contributed by atoms with Gasteiger partial charge in [0.05, 0.1) is 4.91 Å². The lowest BCUT2D eigenvalue weighted by Crippen LogP contribution is -2.47. The van der Waals surface area contributed by atoms with Gasteiger partial charge >= 0.3 is 0 Å². The molecule has 5 rings (SSSR count). The number of hydrogen-bond acceptors (Lipinski definition) is 5. The summed E-state index contributed by atoms with van der Waals surface area (Å²) >= 11 is 1.43. The lowest BCUT2D eigenvalue weighted by Gasteiger charge is -2.36. The summed E-state index contributed by atoms with van der Waals surface area (Å²) in [4.78, 5) is 21.9. The summed E-state index contributed by atoms with van der Waals surface area (Å²) in [6, 6.07) is 24.2. The third kappa shape index (κ3) is 3.91. The molecule has 0 atom stereocenters. The molecule has 0 unspecified atom stereocenters. The molecule has 0 radical (unpaired) electrons. The first-order valence-electron chi connectivity index (χ1n) is 9.99. The Bertz CT molecular complexity index is 1100. The number of carbonyl (C=O) groups is 1. The van der Waals surface area contributed by atoms with E-state index >= 15 is 0 Å². The second kappa shape index (κ2) is 8.24. The molecule has 3 heterocycles. The second-order valence-electron chi connectivity index (χ2n) is 7.19. The van der Waals surface area contributed by atoms with E-state index in [0.717, 1.165) is 42.7 Å². The Morgan fingerprint density at radius 1 is 0.833 bits per heavy atom. The van der Waals surface area contributed by atoms with Gasteiger partial charge in [0.1, 0.15) is 11.5 Å². The van der Waals surface area contributed by atoms with E-state index in [1.807, 2.05) is 48.5 Å². The zero-order valence-corrected chi connectivity index (χ0v) is 17.2. The summed E-state index contributed by atoms with van der Waals surface area (Å²) in [5.74, 6) is 1.25. The van der Waals surface area contributed by atoms with E-state index in [2.05, 4.69) is 39.1 Å². The lowest BCUT2D eigenvalue weighted by atomic mass is 10.2. The number of rotatable bonds is 3. The fourth-order valence-electron chi connectivity index (χ4n) is 3.65. The zero-order valence-electron chi connectivity index (χ0n) is 16.4. The maximum Gasteiger partial charge on any atom is 0.286 e. The van der Waals surface area contributed by atoms with Crippen LogP contribution in [-0.4, -0.2) is 42.2 Å². The van der Waals surface area contributed by atoms with E-state index in [1.54, 1.807) is 6.08 Å². The van der Waals surface area contributed by atoms with Crippen LogP contribution >= 0.6 is 11.8 Å². The summed E-state index contributed by atoms with van der Waals surface area (Å²) in [5.41, 5.74) is 2.25. The van der Waals surface area contributed by atoms with Crippen LogP contribution in [0.15, 0.2) is 87.1 Å². The number of piperazine rings is 1. The van der Waals surface area contributed by atoms with E-state index in [1.165, 1.54) is 17.4 Å². The Morgan fingerprint density at radius 2 is 1.50 bits per heavy atom. The van der Waals surface area contributed by atoms with Crippen molar-refractivity contribution in [3.8, 4) is 11.3 Å². The van der Waals surface area contributed by atoms with E-state index in [0.29, 0.717) is 10.7 Å². The molecule has 0 N–H and O–H groups in total. The fraction of sp³-hybridized carbons (Fsp3) is 0.167. The SMILES string of the molecule is O=C1N=C(N2CCN(c3ccccc3)CC2)SC1=Cc1ccc(-c2ccccc2)o1. The van der Waals surface area contributed by atoms with Crippen LogP contribution in [0.3, 0.4) is 0 Å². The number of hydrogen-bond donors (Lipinski definition) is 0. The van der Waals surface area contributed by atoms with Crippen molar-refractivity contribution in [2.45, 2.75) is 0 Å². The van der Waals surface area contributed by atoms with Crippen molar-refractivity contribution in [3.63, 3.8) is 0 Å². The van der Waals surface area contributed by atoms with E-state index < -0.39 is 0 Å². The van der Waals surface area contributed by atoms with Gasteiger partial charge in [-0.25, -0.2) is 0 Å². The number of aliphatic imine (C=N–C) groups is 1. The van der Waals surface area contributed by atoms with Crippen LogP contribution < -0.4 is 4.90 Å². The Kier molecular flexibility index (Phi) is 5.15. The minimum absolute atomic E-state index is 0.196. The average Bonchev–Trinajstić information content (AvgIpc) is 3.42. The maximum atomic E-state index is 12.4. The van der Waals surface area contributed by atoms with Crippen LogP contribution in [-0.2, 0) is 4.79 Å². The topological polar surface area (TPSA) is 49.1 Å². The van der Waals surface area contributed by atoms with Crippen molar-refractivity contribution in [2.24, 2.45) is 4.99 Å². The first-order chi connectivity index (χ1) is 14.8.